The van der Waals surface area contributed by atoms with Gasteiger partial charge in [0.15, 0.2) is 0 Å². The number of nitrogens with zero attached hydrogens (tertiary/aromatic N) is 2. The van der Waals surface area contributed by atoms with E-state index in [9.17, 15) is 18.0 Å². The average molecular weight is 244 g/mol. The maximum absolute atomic E-state index is 12.3. The Kier molecular flexibility index (Phi) is 2.53. The normalized spacial score (nSPS) is 11.8. The van der Waals surface area contributed by atoms with Gasteiger partial charge in [-0.25, -0.2) is 4.79 Å². The SMILES string of the molecule is Cn1nc(-c2ccc(C(F)(F)F)cc2)oc1=O. The minimum Gasteiger partial charge on any atom is -0.388 e. The molecule has 17 heavy (non-hydrogen) atoms. The molecule has 1 aromatic carbocycles. The molecule has 0 aliphatic carbocycles. The summed E-state index contributed by atoms with van der Waals surface area (Å²) in [6, 6.07) is 4.22. The summed E-state index contributed by atoms with van der Waals surface area (Å²) < 4.78 is 42.6. The van der Waals surface area contributed by atoms with E-state index in [0.717, 1.165) is 16.8 Å². The third kappa shape index (κ3) is 2.22. The number of hydrogen-bond donors (Lipinski definition) is 0. The molecule has 2 rings (SSSR count). The molecule has 0 atom stereocenters. The fourth-order valence-electron chi connectivity index (χ4n) is 1.26. The lowest BCUT2D eigenvalue weighted by Gasteiger charge is -2.05. The fraction of sp³-hybridized carbons (Fsp3) is 0.200. The highest BCUT2D eigenvalue weighted by atomic mass is 19.4. The molecule has 1 aromatic heterocycles. The van der Waals surface area contributed by atoms with Crippen molar-refractivity contribution in [3.63, 3.8) is 0 Å². The highest BCUT2D eigenvalue weighted by Crippen LogP contribution is 2.30. The van der Waals surface area contributed by atoms with Crippen molar-refractivity contribution in [1.29, 1.82) is 0 Å². The Labute approximate surface area is 93.3 Å². The summed E-state index contributed by atoms with van der Waals surface area (Å²) >= 11 is 0. The second-order valence-corrected chi connectivity index (χ2v) is 3.37. The van der Waals surface area contributed by atoms with E-state index in [4.69, 9.17) is 4.42 Å². The van der Waals surface area contributed by atoms with Crippen LogP contribution < -0.4 is 5.76 Å². The summed E-state index contributed by atoms with van der Waals surface area (Å²) in [6.07, 6.45) is -4.39. The van der Waals surface area contributed by atoms with Crippen molar-refractivity contribution in [2.75, 3.05) is 0 Å². The van der Waals surface area contributed by atoms with Crippen LogP contribution in [0.1, 0.15) is 5.56 Å². The summed E-state index contributed by atoms with van der Waals surface area (Å²) in [5.41, 5.74) is -0.449. The molecule has 4 nitrogen and oxygen atoms in total. The van der Waals surface area contributed by atoms with Gasteiger partial charge in [0.25, 0.3) is 0 Å². The molecule has 0 radical (unpaired) electrons. The van der Waals surface area contributed by atoms with Gasteiger partial charge < -0.3 is 4.42 Å². The van der Waals surface area contributed by atoms with E-state index in [1.54, 1.807) is 0 Å². The van der Waals surface area contributed by atoms with Crippen molar-refractivity contribution in [3.05, 3.63) is 40.4 Å². The number of aryl methyl sites for hydroxylation is 1. The molecule has 0 N–H and O–H groups in total. The topological polar surface area (TPSA) is 48.0 Å². The Balaban J connectivity index is 2.39. The molecule has 0 unspecified atom stereocenters. The van der Waals surface area contributed by atoms with Crippen LogP contribution in [-0.2, 0) is 13.2 Å². The predicted octanol–water partition coefficient (Wildman–Crippen LogP) is 2.06. The van der Waals surface area contributed by atoms with Gasteiger partial charge in [-0.15, -0.1) is 5.10 Å². The maximum Gasteiger partial charge on any atom is 0.437 e. The summed E-state index contributed by atoms with van der Waals surface area (Å²) in [7, 11) is 1.39. The first-order valence-electron chi connectivity index (χ1n) is 4.60. The molecule has 0 aliphatic rings. The van der Waals surface area contributed by atoms with Gasteiger partial charge in [0.2, 0.25) is 5.89 Å². The van der Waals surface area contributed by atoms with Crippen molar-refractivity contribution < 1.29 is 17.6 Å². The van der Waals surface area contributed by atoms with Crippen molar-refractivity contribution in [2.45, 2.75) is 6.18 Å². The second-order valence-electron chi connectivity index (χ2n) is 3.37. The van der Waals surface area contributed by atoms with Crippen LogP contribution in [0.5, 0.6) is 0 Å². The first-order chi connectivity index (χ1) is 7.88. The van der Waals surface area contributed by atoms with Crippen molar-refractivity contribution in [3.8, 4) is 11.5 Å². The summed E-state index contributed by atoms with van der Waals surface area (Å²) in [5.74, 6) is -0.675. The minimum absolute atomic E-state index is 0.00813. The molecule has 0 amide bonds. The van der Waals surface area contributed by atoms with Crippen LogP contribution in [0.3, 0.4) is 0 Å². The van der Waals surface area contributed by atoms with Gasteiger partial charge >= 0.3 is 11.9 Å². The molecule has 0 fully saturated rings. The van der Waals surface area contributed by atoms with Gasteiger partial charge in [0.05, 0.1) is 5.56 Å². The van der Waals surface area contributed by atoms with Crippen LogP contribution in [0.2, 0.25) is 0 Å². The summed E-state index contributed by atoms with van der Waals surface area (Å²) in [6.45, 7) is 0. The Hall–Kier alpha value is -2.05. The molecule has 0 aliphatic heterocycles. The van der Waals surface area contributed by atoms with E-state index in [0.29, 0.717) is 5.56 Å². The Bertz CT molecular complexity index is 581. The van der Waals surface area contributed by atoms with Crippen LogP contribution in [-0.4, -0.2) is 9.78 Å². The van der Waals surface area contributed by atoms with Crippen molar-refractivity contribution in [1.82, 2.24) is 9.78 Å². The van der Waals surface area contributed by atoms with Gasteiger partial charge in [-0.2, -0.15) is 17.9 Å². The highest BCUT2D eigenvalue weighted by molar-refractivity contribution is 5.53. The highest BCUT2D eigenvalue weighted by Gasteiger charge is 2.30. The smallest absolute Gasteiger partial charge is 0.388 e. The Morgan fingerprint density at radius 1 is 1.24 bits per heavy atom. The number of benzene rings is 1. The van der Waals surface area contributed by atoms with Crippen LogP contribution >= 0.6 is 0 Å². The standard InChI is InChI=1S/C10H7F3N2O2/c1-15-9(16)17-8(14-15)6-2-4-7(5-3-6)10(11,12)13/h2-5H,1H3. The average Bonchev–Trinajstić information content (AvgIpc) is 2.58. The molecular weight excluding hydrogens is 237 g/mol. The molecule has 0 saturated heterocycles. The van der Waals surface area contributed by atoms with Gasteiger partial charge in [-0.3, -0.25) is 0 Å². The van der Waals surface area contributed by atoms with Crippen molar-refractivity contribution >= 4 is 0 Å². The van der Waals surface area contributed by atoms with E-state index in [1.807, 2.05) is 0 Å². The fourth-order valence-corrected chi connectivity index (χ4v) is 1.26. The zero-order valence-electron chi connectivity index (χ0n) is 8.65. The number of aromatic nitrogens is 2. The lowest BCUT2D eigenvalue weighted by Crippen LogP contribution is -2.09. The van der Waals surface area contributed by atoms with Gasteiger partial charge in [0, 0.05) is 12.6 Å². The van der Waals surface area contributed by atoms with Gasteiger partial charge in [-0.05, 0) is 24.3 Å². The predicted molar refractivity (Wildman–Crippen MR) is 52.2 cm³/mol. The molecular formula is C10H7F3N2O2. The first kappa shape index (κ1) is 11.4. The number of hydrogen-bond acceptors (Lipinski definition) is 3. The van der Waals surface area contributed by atoms with Crippen LogP contribution in [0, 0.1) is 0 Å². The van der Waals surface area contributed by atoms with Gasteiger partial charge in [-0.1, -0.05) is 0 Å². The third-order valence-electron chi connectivity index (χ3n) is 2.15. The van der Waals surface area contributed by atoms with Crippen LogP contribution in [0.4, 0.5) is 13.2 Å². The van der Waals surface area contributed by atoms with Crippen LogP contribution in [0.15, 0.2) is 33.5 Å². The molecule has 2 aromatic rings. The van der Waals surface area contributed by atoms with E-state index < -0.39 is 17.5 Å². The molecule has 90 valence electrons. The zero-order chi connectivity index (χ0) is 12.6. The second kappa shape index (κ2) is 3.76. The number of rotatable bonds is 1. The Morgan fingerprint density at radius 3 is 2.24 bits per heavy atom. The van der Waals surface area contributed by atoms with E-state index in [1.165, 1.54) is 19.2 Å². The van der Waals surface area contributed by atoms with Crippen molar-refractivity contribution in [2.24, 2.45) is 7.05 Å². The molecule has 0 bridgehead atoms. The van der Waals surface area contributed by atoms with E-state index in [-0.39, 0.29) is 5.89 Å². The Morgan fingerprint density at radius 2 is 1.82 bits per heavy atom. The lowest BCUT2D eigenvalue weighted by molar-refractivity contribution is -0.137. The zero-order valence-corrected chi connectivity index (χ0v) is 8.65. The third-order valence-corrected chi connectivity index (χ3v) is 2.15. The summed E-state index contributed by atoms with van der Waals surface area (Å²) in [4.78, 5) is 11.0. The first-order valence-corrected chi connectivity index (χ1v) is 4.60. The largest absolute Gasteiger partial charge is 0.437 e. The molecule has 1 heterocycles. The monoisotopic (exact) mass is 244 g/mol. The number of alkyl halides is 3. The number of halogens is 3. The van der Waals surface area contributed by atoms with Gasteiger partial charge in [0.1, 0.15) is 0 Å². The molecule has 0 saturated carbocycles. The lowest BCUT2D eigenvalue weighted by atomic mass is 10.1. The van der Waals surface area contributed by atoms with Crippen LogP contribution in [0.25, 0.3) is 11.5 Å². The van der Waals surface area contributed by atoms with E-state index >= 15 is 0 Å². The maximum atomic E-state index is 12.3. The molecule has 7 heteroatoms. The molecule has 0 spiro atoms. The summed E-state index contributed by atoms with van der Waals surface area (Å²) in [5, 5.41) is 3.73. The minimum atomic E-state index is -4.39. The quantitative estimate of drug-likeness (QED) is 0.771. The van der Waals surface area contributed by atoms with E-state index in [2.05, 4.69) is 5.10 Å².